The largest absolute Gasteiger partial charge is 0.378 e. The van der Waals surface area contributed by atoms with Gasteiger partial charge in [0.15, 0.2) is 15.6 Å². The van der Waals surface area contributed by atoms with Crippen molar-refractivity contribution in [3.05, 3.63) is 72.3 Å². The number of rotatable bonds is 10. The molecule has 0 bridgehead atoms. The minimum absolute atomic E-state index is 0.00642. The van der Waals surface area contributed by atoms with Crippen LogP contribution in [0.25, 0.3) is 10.8 Å². The maximum Gasteiger partial charge on any atom is 0.325 e. The number of nitrogens with two attached hydrogens (primary N) is 2. The number of urea groups is 1. The number of sulfone groups is 1. The summed E-state index contributed by atoms with van der Waals surface area (Å²) in [5, 5.41) is 0.727. The molecule has 10 heteroatoms. The Kier molecular flexibility index (Phi) is 9.57. The Morgan fingerprint density at radius 2 is 1.62 bits per heavy atom. The van der Waals surface area contributed by atoms with E-state index in [4.69, 9.17) is 16.2 Å². The predicted octanol–water partition coefficient (Wildman–Crippen LogP) is 3.95. The summed E-state index contributed by atoms with van der Waals surface area (Å²) in [6, 6.07) is 17.3. The summed E-state index contributed by atoms with van der Waals surface area (Å²) in [5.74, 6) is -0.317. The van der Waals surface area contributed by atoms with Gasteiger partial charge in [-0.05, 0) is 48.4 Å². The third kappa shape index (κ3) is 6.36. The third-order valence-electron chi connectivity index (χ3n) is 7.40. The average molecular weight is 567 g/mol. The lowest BCUT2D eigenvalue weighted by atomic mass is 10.0. The molecule has 4 N–H and O–H groups in total. The van der Waals surface area contributed by atoms with E-state index < -0.39 is 27.3 Å². The van der Waals surface area contributed by atoms with E-state index in [0.29, 0.717) is 38.4 Å². The first-order chi connectivity index (χ1) is 19.1. The monoisotopic (exact) mass is 566 g/mol. The predicted molar refractivity (Wildman–Crippen MR) is 157 cm³/mol. The van der Waals surface area contributed by atoms with Crippen molar-refractivity contribution in [2.45, 2.75) is 55.5 Å². The maximum atomic E-state index is 13.8. The molecule has 3 aromatic carbocycles. The summed E-state index contributed by atoms with van der Waals surface area (Å²) in [7, 11) is -3.88. The second-order valence-corrected chi connectivity index (χ2v) is 12.3. The van der Waals surface area contributed by atoms with Crippen molar-refractivity contribution < 1.29 is 22.7 Å². The highest BCUT2D eigenvalue weighted by atomic mass is 32.2. The summed E-state index contributed by atoms with van der Waals surface area (Å²) >= 11 is 0. The standard InChI is InChI=1S/C30H38N4O5S/c1-3-4-9-27(31)29(32)40(37,38)26-14-11-23(12-15-26)28(35)21(2)34(30(36)33-16-18-39-19-17-33)25-13-10-22-7-5-6-8-24(22)20-25/h5-8,10-15,20-21,27,29H,3-4,9,16-19,31-32H2,1-2H3/t21-,27?,29?/m0/s1. The van der Waals surface area contributed by atoms with Crippen LogP contribution in [0, 0.1) is 0 Å². The fraction of sp³-hybridized carbons (Fsp3) is 0.400. The molecule has 0 aromatic heterocycles. The van der Waals surface area contributed by atoms with Gasteiger partial charge < -0.3 is 21.1 Å². The van der Waals surface area contributed by atoms with Crippen LogP contribution in [-0.4, -0.2) is 68.9 Å². The van der Waals surface area contributed by atoms with Gasteiger partial charge >= 0.3 is 6.03 Å². The van der Waals surface area contributed by atoms with Crippen LogP contribution >= 0.6 is 0 Å². The number of fused-ring (bicyclic) bond motifs is 1. The number of morpholine rings is 1. The molecule has 9 nitrogen and oxygen atoms in total. The highest BCUT2D eigenvalue weighted by molar-refractivity contribution is 7.92. The molecule has 0 spiro atoms. The van der Waals surface area contributed by atoms with E-state index in [-0.39, 0.29) is 22.3 Å². The summed E-state index contributed by atoms with van der Waals surface area (Å²) in [4.78, 5) is 30.6. The van der Waals surface area contributed by atoms with E-state index in [1.54, 1.807) is 11.8 Å². The number of ether oxygens (including phenoxy) is 1. The number of anilines is 1. The Balaban J connectivity index is 1.61. The lowest BCUT2D eigenvalue weighted by Gasteiger charge is -2.36. The fourth-order valence-electron chi connectivity index (χ4n) is 4.89. The number of hydrogen-bond donors (Lipinski definition) is 2. The van der Waals surface area contributed by atoms with Crippen LogP contribution < -0.4 is 16.4 Å². The first-order valence-corrected chi connectivity index (χ1v) is 15.2. The number of carbonyl (C=O) groups is 2. The zero-order valence-electron chi connectivity index (χ0n) is 23.0. The van der Waals surface area contributed by atoms with Crippen LogP contribution in [0.2, 0.25) is 0 Å². The Morgan fingerprint density at radius 3 is 2.27 bits per heavy atom. The molecule has 1 aliphatic rings. The summed E-state index contributed by atoms with van der Waals surface area (Å²) in [6.45, 7) is 5.40. The Morgan fingerprint density at radius 1 is 0.975 bits per heavy atom. The number of amides is 2. The highest BCUT2D eigenvalue weighted by Crippen LogP contribution is 2.27. The first kappa shape index (κ1) is 29.7. The molecule has 0 saturated carbocycles. The minimum atomic E-state index is -3.88. The van der Waals surface area contributed by atoms with Gasteiger partial charge in [0.05, 0.1) is 24.2 Å². The van der Waals surface area contributed by atoms with E-state index >= 15 is 0 Å². The van der Waals surface area contributed by atoms with E-state index in [9.17, 15) is 18.0 Å². The molecule has 1 saturated heterocycles. The van der Waals surface area contributed by atoms with Crippen LogP contribution in [0.1, 0.15) is 43.5 Å². The topological polar surface area (TPSA) is 136 Å². The minimum Gasteiger partial charge on any atom is -0.378 e. The van der Waals surface area contributed by atoms with E-state index in [0.717, 1.165) is 23.6 Å². The average Bonchev–Trinajstić information content (AvgIpc) is 2.99. The fourth-order valence-corrected chi connectivity index (χ4v) is 6.32. The van der Waals surface area contributed by atoms with E-state index in [2.05, 4.69) is 0 Å². The van der Waals surface area contributed by atoms with Gasteiger partial charge in [-0.25, -0.2) is 13.2 Å². The Labute approximate surface area is 236 Å². The van der Waals surface area contributed by atoms with Crippen molar-refractivity contribution in [2.24, 2.45) is 11.5 Å². The number of unbranched alkanes of at least 4 members (excludes halogenated alkanes) is 1. The summed E-state index contributed by atoms with van der Waals surface area (Å²) < 4.78 is 31.5. The zero-order valence-corrected chi connectivity index (χ0v) is 23.8. The summed E-state index contributed by atoms with van der Waals surface area (Å²) in [5.41, 5.74) is 13.0. The molecule has 4 rings (SSSR count). The Hall–Kier alpha value is -3.31. The second kappa shape index (κ2) is 12.9. The summed E-state index contributed by atoms with van der Waals surface area (Å²) in [6.07, 6.45) is 2.18. The smallest absolute Gasteiger partial charge is 0.325 e. The number of Topliss-reactive ketones (excluding diaryl/α,β-unsaturated/α-hetero) is 1. The van der Waals surface area contributed by atoms with Gasteiger partial charge in [-0.2, -0.15) is 0 Å². The Bertz CT molecular complexity index is 1440. The van der Waals surface area contributed by atoms with Crippen molar-refractivity contribution in [1.82, 2.24) is 4.90 Å². The van der Waals surface area contributed by atoms with Gasteiger partial charge in [-0.15, -0.1) is 0 Å². The lowest BCUT2D eigenvalue weighted by Crippen LogP contribution is -2.53. The maximum absolute atomic E-state index is 13.8. The van der Waals surface area contributed by atoms with Crippen molar-refractivity contribution >= 4 is 38.1 Å². The second-order valence-electron chi connectivity index (χ2n) is 10.2. The zero-order chi connectivity index (χ0) is 28.9. The van der Waals surface area contributed by atoms with Crippen molar-refractivity contribution in [1.29, 1.82) is 0 Å². The van der Waals surface area contributed by atoms with Crippen LogP contribution in [-0.2, 0) is 14.6 Å². The normalized spacial score (nSPS) is 16.4. The highest BCUT2D eigenvalue weighted by Gasteiger charge is 2.33. The van der Waals surface area contributed by atoms with Gasteiger partial charge in [-0.3, -0.25) is 9.69 Å². The molecule has 0 aliphatic carbocycles. The molecule has 1 heterocycles. The molecule has 3 atom stereocenters. The van der Waals surface area contributed by atoms with Gasteiger partial charge in [0.2, 0.25) is 0 Å². The quantitative estimate of drug-likeness (QED) is 0.355. The van der Waals surface area contributed by atoms with Crippen LogP contribution in [0.3, 0.4) is 0 Å². The molecule has 1 fully saturated rings. The van der Waals surface area contributed by atoms with E-state index in [1.165, 1.54) is 29.2 Å². The van der Waals surface area contributed by atoms with Gasteiger partial charge in [0, 0.05) is 30.4 Å². The number of benzene rings is 3. The number of carbonyl (C=O) groups excluding carboxylic acids is 2. The van der Waals surface area contributed by atoms with Gasteiger partial charge in [0.25, 0.3) is 0 Å². The molecular weight excluding hydrogens is 528 g/mol. The molecule has 214 valence electrons. The van der Waals surface area contributed by atoms with Crippen molar-refractivity contribution in [2.75, 3.05) is 31.2 Å². The first-order valence-electron chi connectivity index (χ1n) is 13.7. The van der Waals surface area contributed by atoms with Crippen LogP contribution in [0.15, 0.2) is 71.6 Å². The molecule has 2 amide bonds. The van der Waals surface area contributed by atoms with E-state index in [1.807, 2.05) is 49.4 Å². The number of hydrogen-bond acceptors (Lipinski definition) is 7. The van der Waals surface area contributed by atoms with Gasteiger partial charge in [-0.1, -0.05) is 62.2 Å². The third-order valence-corrected chi connectivity index (χ3v) is 9.40. The molecular formula is C30H38N4O5S. The van der Waals surface area contributed by atoms with Crippen LogP contribution in [0.5, 0.6) is 0 Å². The van der Waals surface area contributed by atoms with Gasteiger partial charge in [0.1, 0.15) is 5.37 Å². The SMILES string of the molecule is CCCCC(N)C(N)S(=O)(=O)c1ccc(C(=O)[C@H](C)N(C(=O)N2CCOCC2)c2ccc3ccccc3c2)cc1. The van der Waals surface area contributed by atoms with Crippen molar-refractivity contribution in [3.63, 3.8) is 0 Å². The molecule has 0 radical (unpaired) electrons. The lowest BCUT2D eigenvalue weighted by molar-refractivity contribution is 0.0543. The number of ketones is 1. The molecule has 40 heavy (non-hydrogen) atoms. The van der Waals surface area contributed by atoms with Crippen molar-refractivity contribution in [3.8, 4) is 0 Å². The van der Waals surface area contributed by atoms with Crippen LogP contribution in [0.4, 0.5) is 10.5 Å². The number of nitrogens with zero attached hydrogens (tertiary/aromatic N) is 2. The molecule has 3 aromatic rings. The molecule has 2 unspecified atom stereocenters. The molecule has 1 aliphatic heterocycles.